The molecule has 0 bridgehead atoms. The van der Waals surface area contributed by atoms with Crippen LogP contribution < -0.4 is 11.1 Å². The zero-order chi connectivity index (χ0) is 11.8. The first-order chi connectivity index (χ1) is 6.99. The lowest BCUT2D eigenvalue weighted by atomic mass is 10.1. The molecule has 1 amide bonds. The van der Waals surface area contributed by atoms with Crippen LogP contribution in [0.25, 0.3) is 0 Å². The standard InChI is InChI=1S/C9H14N2O4/c1-6(9(14)15)3-5-11-8(13)7(12)2-4-10/h2,4,6H,3,5,10H2,1H3,(H,11,13)(H,14,15)/t6-/m1/s1. The second kappa shape index (κ2) is 6.58. The van der Waals surface area contributed by atoms with Gasteiger partial charge in [-0.3, -0.25) is 14.4 Å². The van der Waals surface area contributed by atoms with Crippen LogP contribution in [-0.4, -0.2) is 29.3 Å². The van der Waals surface area contributed by atoms with Gasteiger partial charge in [-0.2, -0.15) is 0 Å². The van der Waals surface area contributed by atoms with Gasteiger partial charge in [-0.1, -0.05) is 6.92 Å². The van der Waals surface area contributed by atoms with E-state index in [2.05, 4.69) is 5.32 Å². The number of carboxylic acid groups (broad SMARTS) is 1. The fraction of sp³-hybridized carbons (Fsp3) is 0.444. The third kappa shape index (κ3) is 5.45. The zero-order valence-electron chi connectivity index (χ0n) is 8.40. The van der Waals surface area contributed by atoms with Gasteiger partial charge in [0, 0.05) is 12.6 Å². The molecule has 0 rings (SSSR count). The number of aliphatic carboxylic acids is 1. The van der Waals surface area contributed by atoms with E-state index >= 15 is 0 Å². The quantitative estimate of drug-likeness (QED) is 0.398. The van der Waals surface area contributed by atoms with Crippen LogP contribution in [-0.2, 0) is 14.4 Å². The maximum atomic E-state index is 11.0. The molecule has 15 heavy (non-hydrogen) atoms. The summed E-state index contributed by atoms with van der Waals surface area (Å²) in [5, 5.41) is 10.8. The van der Waals surface area contributed by atoms with Crippen LogP contribution >= 0.6 is 0 Å². The Morgan fingerprint density at radius 1 is 1.47 bits per heavy atom. The van der Waals surface area contributed by atoms with Gasteiger partial charge in [0.05, 0.1) is 5.92 Å². The van der Waals surface area contributed by atoms with Gasteiger partial charge in [0.25, 0.3) is 5.91 Å². The van der Waals surface area contributed by atoms with E-state index in [4.69, 9.17) is 10.8 Å². The van der Waals surface area contributed by atoms with Crippen LogP contribution in [0.2, 0.25) is 0 Å². The van der Waals surface area contributed by atoms with Crippen molar-refractivity contribution in [3.8, 4) is 0 Å². The minimum absolute atomic E-state index is 0.149. The number of nitrogens with one attached hydrogen (secondary N) is 1. The Bertz CT molecular complexity index is 286. The molecule has 0 aliphatic carbocycles. The summed E-state index contributed by atoms with van der Waals surface area (Å²) < 4.78 is 0. The van der Waals surface area contributed by atoms with Crippen LogP contribution in [0.1, 0.15) is 13.3 Å². The Kier molecular flexibility index (Phi) is 5.77. The second-order valence-electron chi connectivity index (χ2n) is 3.01. The van der Waals surface area contributed by atoms with E-state index in [-0.39, 0.29) is 13.0 Å². The maximum Gasteiger partial charge on any atom is 0.306 e. The third-order valence-electron chi connectivity index (χ3n) is 1.76. The third-order valence-corrected chi connectivity index (χ3v) is 1.76. The molecule has 6 heteroatoms. The SMILES string of the molecule is C[C@H](CCNC(=O)C(=O)C=CN)C(=O)O. The number of rotatable bonds is 6. The monoisotopic (exact) mass is 214 g/mol. The first kappa shape index (κ1) is 13.2. The highest BCUT2D eigenvalue weighted by Gasteiger charge is 2.13. The van der Waals surface area contributed by atoms with Crippen molar-refractivity contribution in [2.45, 2.75) is 13.3 Å². The van der Waals surface area contributed by atoms with E-state index in [0.717, 1.165) is 12.3 Å². The van der Waals surface area contributed by atoms with Gasteiger partial charge in [0.15, 0.2) is 0 Å². The lowest BCUT2D eigenvalue weighted by Gasteiger charge is -2.06. The Hall–Kier alpha value is -1.85. The van der Waals surface area contributed by atoms with Crippen molar-refractivity contribution in [2.24, 2.45) is 11.7 Å². The molecule has 6 nitrogen and oxygen atoms in total. The number of carbonyl (C=O) groups is 3. The Morgan fingerprint density at radius 3 is 2.53 bits per heavy atom. The van der Waals surface area contributed by atoms with Crippen molar-refractivity contribution >= 4 is 17.7 Å². The number of carboxylic acids is 1. The van der Waals surface area contributed by atoms with Crippen molar-refractivity contribution in [3.05, 3.63) is 12.3 Å². The molecule has 0 spiro atoms. The van der Waals surface area contributed by atoms with Crippen molar-refractivity contribution in [3.63, 3.8) is 0 Å². The number of hydrogen-bond donors (Lipinski definition) is 3. The van der Waals surface area contributed by atoms with Crippen molar-refractivity contribution in [1.29, 1.82) is 0 Å². The van der Waals surface area contributed by atoms with E-state index in [1.54, 1.807) is 0 Å². The molecular weight excluding hydrogens is 200 g/mol. The molecule has 0 aromatic carbocycles. The molecule has 0 fully saturated rings. The summed E-state index contributed by atoms with van der Waals surface area (Å²) in [5.74, 6) is -3.02. The van der Waals surface area contributed by atoms with Gasteiger partial charge in [0.1, 0.15) is 0 Å². The van der Waals surface area contributed by atoms with E-state index in [0.29, 0.717) is 0 Å². The molecule has 84 valence electrons. The van der Waals surface area contributed by atoms with Crippen molar-refractivity contribution in [2.75, 3.05) is 6.54 Å². The van der Waals surface area contributed by atoms with Gasteiger partial charge in [0.2, 0.25) is 5.78 Å². The number of carbonyl (C=O) groups excluding carboxylic acids is 2. The number of amides is 1. The van der Waals surface area contributed by atoms with Gasteiger partial charge in [-0.25, -0.2) is 0 Å². The van der Waals surface area contributed by atoms with Crippen LogP contribution in [0.4, 0.5) is 0 Å². The number of ketones is 1. The molecule has 0 aromatic rings. The highest BCUT2D eigenvalue weighted by Crippen LogP contribution is 1.99. The molecule has 0 saturated heterocycles. The minimum Gasteiger partial charge on any atom is -0.481 e. The molecule has 0 saturated carbocycles. The predicted molar refractivity (Wildman–Crippen MR) is 52.8 cm³/mol. The van der Waals surface area contributed by atoms with Crippen LogP contribution in [0.15, 0.2) is 12.3 Å². The molecule has 0 heterocycles. The lowest BCUT2D eigenvalue weighted by Crippen LogP contribution is -2.32. The average Bonchev–Trinajstić information content (AvgIpc) is 2.17. The molecule has 1 atom stereocenters. The summed E-state index contributed by atoms with van der Waals surface area (Å²) in [6, 6.07) is 0. The fourth-order valence-corrected chi connectivity index (χ4v) is 0.776. The summed E-state index contributed by atoms with van der Waals surface area (Å²) in [6.45, 7) is 1.67. The minimum atomic E-state index is -0.933. The summed E-state index contributed by atoms with van der Waals surface area (Å²) in [7, 11) is 0. The van der Waals surface area contributed by atoms with Crippen molar-refractivity contribution < 1.29 is 19.5 Å². The number of hydrogen-bond acceptors (Lipinski definition) is 4. The van der Waals surface area contributed by atoms with Gasteiger partial charge in [-0.05, 0) is 12.6 Å². The molecule has 0 aliphatic heterocycles. The van der Waals surface area contributed by atoms with E-state index in [1.807, 2.05) is 0 Å². The summed E-state index contributed by atoms with van der Waals surface area (Å²) in [6.07, 6.45) is 2.19. The summed E-state index contributed by atoms with van der Waals surface area (Å²) in [5.41, 5.74) is 4.92. The highest BCUT2D eigenvalue weighted by atomic mass is 16.4. The molecule has 0 aromatic heterocycles. The Balaban J connectivity index is 3.82. The highest BCUT2D eigenvalue weighted by molar-refractivity contribution is 6.40. The van der Waals surface area contributed by atoms with Crippen LogP contribution in [0.3, 0.4) is 0 Å². The lowest BCUT2D eigenvalue weighted by molar-refractivity contribution is -0.141. The first-order valence-corrected chi connectivity index (χ1v) is 4.42. The Morgan fingerprint density at radius 2 is 2.07 bits per heavy atom. The smallest absolute Gasteiger partial charge is 0.306 e. The average molecular weight is 214 g/mol. The molecule has 0 unspecified atom stereocenters. The van der Waals surface area contributed by atoms with E-state index < -0.39 is 23.6 Å². The van der Waals surface area contributed by atoms with Crippen LogP contribution in [0, 0.1) is 5.92 Å². The summed E-state index contributed by atoms with van der Waals surface area (Å²) >= 11 is 0. The maximum absolute atomic E-state index is 11.0. The van der Waals surface area contributed by atoms with Gasteiger partial charge >= 0.3 is 5.97 Å². The second-order valence-corrected chi connectivity index (χ2v) is 3.01. The molecule has 0 radical (unpaired) electrons. The van der Waals surface area contributed by atoms with Crippen molar-refractivity contribution in [1.82, 2.24) is 5.32 Å². The van der Waals surface area contributed by atoms with Crippen LogP contribution in [0.5, 0.6) is 0 Å². The largest absolute Gasteiger partial charge is 0.481 e. The Labute approximate surface area is 87.1 Å². The predicted octanol–water partition coefficient (Wildman–Crippen LogP) is -0.745. The van der Waals surface area contributed by atoms with Gasteiger partial charge in [-0.15, -0.1) is 0 Å². The fourth-order valence-electron chi connectivity index (χ4n) is 0.776. The molecule has 0 aliphatic rings. The number of nitrogens with two attached hydrogens (primary N) is 1. The topological polar surface area (TPSA) is 109 Å². The zero-order valence-corrected chi connectivity index (χ0v) is 8.40. The van der Waals surface area contributed by atoms with Gasteiger partial charge < -0.3 is 16.2 Å². The summed E-state index contributed by atoms with van der Waals surface area (Å²) in [4.78, 5) is 32.2. The molecule has 4 N–H and O–H groups in total. The normalized spacial score (nSPS) is 12.3. The first-order valence-electron chi connectivity index (χ1n) is 4.42. The molecular formula is C9H14N2O4. The van der Waals surface area contributed by atoms with E-state index in [9.17, 15) is 14.4 Å². The van der Waals surface area contributed by atoms with E-state index in [1.165, 1.54) is 6.92 Å².